The van der Waals surface area contributed by atoms with Crippen molar-refractivity contribution in [2.24, 2.45) is 0 Å². The topological polar surface area (TPSA) is 181 Å². The van der Waals surface area contributed by atoms with Gasteiger partial charge in [-0.2, -0.15) is 0 Å². The van der Waals surface area contributed by atoms with Crippen LogP contribution in [0.15, 0.2) is 0 Å². The van der Waals surface area contributed by atoms with Crippen LogP contribution in [-0.4, -0.2) is 82.1 Å². The van der Waals surface area contributed by atoms with Crippen LogP contribution in [0.1, 0.15) is 111 Å². The third kappa shape index (κ3) is 15.2. The second kappa shape index (κ2) is 20.7. The summed E-state index contributed by atoms with van der Waals surface area (Å²) >= 11 is 0. The average molecular weight is 598 g/mol. The number of carbonyl (C=O) groups is 2. The maximum absolute atomic E-state index is 12.6. The summed E-state index contributed by atoms with van der Waals surface area (Å²) in [5.41, 5.74) is 0. The smallest absolute Gasteiger partial charge is 0.474 e. The normalized spacial score (nSPS) is 25.3. The van der Waals surface area contributed by atoms with Gasteiger partial charge in [-0.3, -0.25) is 13.8 Å². The van der Waals surface area contributed by atoms with Crippen LogP contribution in [0.3, 0.4) is 0 Å². The Morgan fingerprint density at radius 3 is 1.90 bits per heavy atom. The van der Waals surface area contributed by atoms with E-state index in [0.29, 0.717) is 6.42 Å². The zero-order valence-corrected chi connectivity index (χ0v) is 25.3. The quantitative estimate of drug-likeness (QED) is 0.0847. The Morgan fingerprint density at radius 2 is 1.45 bits per heavy atom. The standard InChI is InChI=1S/C27H52NO11P/c1-4-5-6-7-8-9-10-11-12-13-14-15-16-17-18-36-40(34,35)39-27-23(28-21(3)30)25(37-20(2)26(32)33)24(31)22(19-29)38-27/h20,22-25,27,29,31H,4-19H2,1-3H3,(H,28,30)(H,32,33)(H,34,35)/t20?,22-,23-,24-,25-,27-/m1/s1. The van der Waals surface area contributed by atoms with E-state index >= 15 is 0 Å². The summed E-state index contributed by atoms with van der Waals surface area (Å²) in [7, 11) is -4.68. The van der Waals surface area contributed by atoms with Gasteiger partial charge in [0.05, 0.1) is 13.2 Å². The molecule has 0 spiro atoms. The van der Waals surface area contributed by atoms with Crippen molar-refractivity contribution in [3.8, 4) is 0 Å². The highest BCUT2D eigenvalue weighted by Gasteiger charge is 2.50. The van der Waals surface area contributed by atoms with Crippen LogP contribution in [0.25, 0.3) is 0 Å². The van der Waals surface area contributed by atoms with Crippen molar-refractivity contribution in [3.63, 3.8) is 0 Å². The fraction of sp³-hybridized carbons (Fsp3) is 0.926. The van der Waals surface area contributed by atoms with Gasteiger partial charge in [0.15, 0.2) is 12.4 Å². The number of unbranched alkanes of at least 4 members (excludes halogenated alkanes) is 13. The van der Waals surface area contributed by atoms with Crippen LogP contribution in [0.5, 0.6) is 0 Å². The summed E-state index contributed by atoms with van der Waals surface area (Å²) in [6.07, 6.45) is 9.01. The first-order valence-corrected chi connectivity index (χ1v) is 16.3. The number of ether oxygens (including phenoxy) is 2. The molecule has 12 nitrogen and oxygen atoms in total. The van der Waals surface area contributed by atoms with Gasteiger partial charge in [-0.25, -0.2) is 9.36 Å². The van der Waals surface area contributed by atoms with Crippen molar-refractivity contribution in [3.05, 3.63) is 0 Å². The first-order chi connectivity index (χ1) is 19.0. The molecule has 0 bridgehead atoms. The van der Waals surface area contributed by atoms with E-state index in [1.54, 1.807) is 0 Å². The number of aliphatic hydroxyl groups is 2. The van der Waals surface area contributed by atoms with E-state index in [-0.39, 0.29) is 6.61 Å². The number of carbonyl (C=O) groups excluding carboxylic acids is 1. The Balaban J connectivity index is 2.43. The molecule has 0 radical (unpaired) electrons. The van der Waals surface area contributed by atoms with Crippen LogP contribution < -0.4 is 5.32 Å². The van der Waals surface area contributed by atoms with Crippen molar-refractivity contribution in [2.75, 3.05) is 13.2 Å². The minimum atomic E-state index is -4.68. The van der Waals surface area contributed by atoms with E-state index < -0.39 is 63.1 Å². The maximum Gasteiger partial charge on any atom is 0.474 e. The van der Waals surface area contributed by atoms with Crippen LogP contribution in [0, 0.1) is 0 Å². The summed E-state index contributed by atoms with van der Waals surface area (Å²) in [4.78, 5) is 33.3. The molecule has 2 unspecified atom stereocenters. The maximum atomic E-state index is 12.6. The molecule has 5 N–H and O–H groups in total. The van der Waals surface area contributed by atoms with Gasteiger partial charge in [0.1, 0.15) is 24.4 Å². The lowest BCUT2D eigenvalue weighted by molar-refractivity contribution is -0.262. The number of aliphatic hydroxyl groups excluding tert-OH is 2. The number of nitrogens with one attached hydrogen (secondary N) is 1. The van der Waals surface area contributed by atoms with E-state index in [0.717, 1.165) is 26.2 Å². The molecule has 1 amide bonds. The van der Waals surface area contributed by atoms with Crippen molar-refractivity contribution in [1.29, 1.82) is 0 Å². The summed E-state index contributed by atoms with van der Waals surface area (Å²) in [5, 5.41) is 31.7. The Bertz CT molecular complexity index is 756. The number of amides is 1. The van der Waals surface area contributed by atoms with E-state index in [1.807, 2.05) is 0 Å². The number of phosphoric ester groups is 1. The van der Waals surface area contributed by atoms with Crippen molar-refractivity contribution in [1.82, 2.24) is 5.32 Å². The molecule has 0 aromatic heterocycles. The largest absolute Gasteiger partial charge is 0.479 e. The molecule has 1 rings (SSSR count). The van der Waals surface area contributed by atoms with Gasteiger partial charge < -0.3 is 35.0 Å². The minimum absolute atomic E-state index is 0.0363. The van der Waals surface area contributed by atoms with E-state index in [9.17, 15) is 34.4 Å². The first kappa shape index (κ1) is 36.9. The predicted molar refractivity (Wildman–Crippen MR) is 149 cm³/mol. The Labute approximate surface area is 238 Å². The van der Waals surface area contributed by atoms with Crippen LogP contribution in [0.2, 0.25) is 0 Å². The molecule has 13 heteroatoms. The lowest BCUT2D eigenvalue weighted by Gasteiger charge is -2.44. The molecule has 1 saturated heterocycles. The van der Waals surface area contributed by atoms with Crippen molar-refractivity contribution in [2.45, 2.75) is 147 Å². The Morgan fingerprint density at radius 1 is 0.950 bits per heavy atom. The molecule has 0 aromatic carbocycles. The minimum Gasteiger partial charge on any atom is -0.479 e. The van der Waals surface area contributed by atoms with Gasteiger partial charge in [-0.1, -0.05) is 90.4 Å². The fourth-order valence-corrected chi connectivity index (χ4v) is 5.50. The van der Waals surface area contributed by atoms with Crippen LogP contribution >= 0.6 is 7.82 Å². The number of carboxylic acids is 1. The number of rotatable bonds is 23. The number of hydrogen-bond donors (Lipinski definition) is 5. The second-order valence-corrected chi connectivity index (χ2v) is 11.9. The van der Waals surface area contributed by atoms with Crippen molar-refractivity contribution < 1.29 is 52.9 Å². The zero-order valence-electron chi connectivity index (χ0n) is 24.4. The first-order valence-electron chi connectivity index (χ1n) is 14.8. The molecule has 0 aromatic rings. The van der Waals surface area contributed by atoms with Gasteiger partial charge >= 0.3 is 13.8 Å². The highest BCUT2D eigenvalue weighted by molar-refractivity contribution is 7.47. The second-order valence-electron chi connectivity index (χ2n) is 10.5. The van der Waals surface area contributed by atoms with E-state index in [1.165, 1.54) is 71.1 Å². The predicted octanol–water partition coefficient (Wildman–Crippen LogP) is 4.04. The average Bonchev–Trinajstić information content (AvgIpc) is 2.89. The summed E-state index contributed by atoms with van der Waals surface area (Å²) in [6.45, 7) is 3.85. The Hall–Kier alpha value is -1.11. The molecule has 1 aliphatic heterocycles. The van der Waals surface area contributed by atoms with Gasteiger partial charge in [-0.15, -0.1) is 0 Å². The van der Waals surface area contributed by atoms with E-state index in [4.69, 9.17) is 18.5 Å². The van der Waals surface area contributed by atoms with Gasteiger partial charge in [-0.05, 0) is 13.3 Å². The third-order valence-corrected chi connectivity index (χ3v) is 7.90. The summed E-state index contributed by atoms with van der Waals surface area (Å²) in [5.74, 6) is -1.94. The van der Waals surface area contributed by atoms with Crippen LogP contribution in [0.4, 0.5) is 0 Å². The molecule has 40 heavy (non-hydrogen) atoms. The van der Waals surface area contributed by atoms with E-state index in [2.05, 4.69) is 12.2 Å². The molecule has 1 heterocycles. The summed E-state index contributed by atoms with van der Waals surface area (Å²) in [6, 6.07) is -1.36. The molecule has 236 valence electrons. The number of carboxylic acid groups (broad SMARTS) is 1. The highest BCUT2D eigenvalue weighted by Crippen LogP contribution is 2.47. The van der Waals surface area contributed by atoms with Gasteiger partial charge in [0.25, 0.3) is 0 Å². The summed E-state index contributed by atoms with van der Waals surface area (Å²) < 4.78 is 33.7. The molecular weight excluding hydrogens is 545 g/mol. The number of phosphoric acid groups is 1. The molecular formula is C27H52NO11P. The fourth-order valence-electron chi connectivity index (χ4n) is 4.64. The monoisotopic (exact) mass is 597 g/mol. The third-order valence-electron chi connectivity index (χ3n) is 6.92. The molecule has 1 fully saturated rings. The van der Waals surface area contributed by atoms with Gasteiger partial charge in [0, 0.05) is 6.92 Å². The number of aliphatic carboxylic acids is 1. The molecule has 1 aliphatic rings. The molecule has 0 saturated carbocycles. The molecule has 0 aliphatic carbocycles. The van der Waals surface area contributed by atoms with Crippen molar-refractivity contribution >= 4 is 19.7 Å². The SMILES string of the molecule is CCCCCCCCCCCCCCCCOP(=O)(O)O[C@H]1O[C@H](CO)[C@@H](O)[C@H](OC(C)C(=O)O)[C@H]1NC(C)=O. The lowest BCUT2D eigenvalue weighted by Crippen LogP contribution is -2.65. The molecule has 7 atom stereocenters. The highest BCUT2D eigenvalue weighted by atomic mass is 31.2. The number of hydrogen-bond acceptors (Lipinski definition) is 9. The van der Waals surface area contributed by atoms with Gasteiger partial charge in [0.2, 0.25) is 5.91 Å². The zero-order chi connectivity index (χ0) is 30.0. The Kier molecular flexibility index (Phi) is 19.1. The lowest BCUT2D eigenvalue weighted by atomic mass is 9.96. The van der Waals surface area contributed by atoms with Crippen LogP contribution in [-0.2, 0) is 32.7 Å².